The summed E-state index contributed by atoms with van der Waals surface area (Å²) in [5.74, 6) is -2.07. The fraction of sp³-hybridized carbons (Fsp3) is 0.400. The molecule has 1 rings (SSSR count). The van der Waals surface area contributed by atoms with Gasteiger partial charge in [-0.15, -0.1) is 0 Å². The van der Waals surface area contributed by atoms with Crippen LogP contribution < -0.4 is 10.5 Å². The molecule has 0 fully saturated rings. The van der Waals surface area contributed by atoms with Crippen LogP contribution in [0.5, 0.6) is 0 Å². The monoisotopic (exact) mass is 264 g/mol. The van der Waals surface area contributed by atoms with E-state index >= 15 is 0 Å². The minimum absolute atomic E-state index is 0.0747. The molecule has 0 saturated heterocycles. The Morgan fingerprint density at radius 3 is 2.41 bits per heavy atom. The van der Waals surface area contributed by atoms with Gasteiger partial charge in [0.15, 0.2) is 0 Å². The SMILES string of the molecule is CC(C)CNS(=O)(=O)c1cc(N)c(F)cc1F. The van der Waals surface area contributed by atoms with Gasteiger partial charge in [0.25, 0.3) is 0 Å². The molecule has 0 aromatic heterocycles. The van der Waals surface area contributed by atoms with Gasteiger partial charge in [0.2, 0.25) is 10.0 Å². The number of anilines is 1. The van der Waals surface area contributed by atoms with Crippen molar-refractivity contribution in [2.75, 3.05) is 12.3 Å². The molecule has 4 nitrogen and oxygen atoms in total. The van der Waals surface area contributed by atoms with E-state index in [1.807, 2.05) is 0 Å². The minimum atomic E-state index is -4.00. The zero-order valence-electron chi connectivity index (χ0n) is 9.50. The third-order valence-electron chi connectivity index (χ3n) is 2.02. The maximum Gasteiger partial charge on any atom is 0.243 e. The minimum Gasteiger partial charge on any atom is -0.396 e. The quantitative estimate of drug-likeness (QED) is 0.809. The van der Waals surface area contributed by atoms with Gasteiger partial charge in [-0.2, -0.15) is 0 Å². The summed E-state index contributed by atoms with van der Waals surface area (Å²) in [7, 11) is -4.00. The summed E-state index contributed by atoms with van der Waals surface area (Å²) >= 11 is 0. The fourth-order valence-corrected chi connectivity index (χ4v) is 2.41. The average Bonchev–Trinajstić information content (AvgIpc) is 2.20. The lowest BCUT2D eigenvalue weighted by Crippen LogP contribution is -2.28. The van der Waals surface area contributed by atoms with Crippen LogP contribution in [0.15, 0.2) is 17.0 Å². The number of nitrogens with two attached hydrogens (primary N) is 1. The molecule has 1 aromatic rings. The van der Waals surface area contributed by atoms with Gasteiger partial charge >= 0.3 is 0 Å². The van der Waals surface area contributed by atoms with Crippen molar-refractivity contribution in [3.05, 3.63) is 23.8 Å². The topological polar surface area (TPSA) is 72.2 Å². The summed E-state index contributed by atoms with van der Waals surface area (Å²) in [5.41, 5.74) is 4.80. The van der Waals surface area contributed by atoms with Crippen molar-refractivity contribution in [1.29, 1.82) is 0 Å². The van der Waals surface area contributed by atoms with Crippen molar-refractivity contribution in [3.8, 4) is 0 Å². The molecule has 0 atom stereocenters. The summed E-state index contributed by atoms with van der Waals surface area (Å²) in [6.45, 7) is 3.77. The number of hydrogen-bond acceptors (Lipinski definition) is 3. The van der Waals surface area contributed by atoms with Gasteiger partial charge in [-0.25, -0.2) is 21.9 Å². The number of hydrogen-bond donors (Lipinski definition) is 2. The second kappa shape index (κ2) is 4.97. The zero-order valence-corrected chi connectivity index (χ0v) is 10.3. The molecule has 0 unspecified atom stereocenters. The summed E-state index contributed by atoms with van der Waals surface area (Å²) in [6, 6.07) is 1.23. The number of nitrogens with one attached hydrogen (secondary N) is 1. The summed E-state index contributed by atoms with van der Waals surface area (Å²) in [6.07, 6.45) is 0. The summed E-state index contributed by atoms with van der Waals surface area (Å²) in [4.78, 5) is -0.642. The number of halogens is 2. The Morgan fingerprint density at radius 2 is 1.88 bits per heavy atom. The molecular weight excluding hydrogens is 250 g/mol. The van der Waals surface area contributed by atoms with E-state index < -0.39 is 32.2 Å². The van der Waals surface area contributed by atoms with Crippen LogP contribution in [0.4, 0.5) is 14.5 Å². The number of benzene rings is 1. The molecule has 3 N–H and O–H groups in total. The van der Waals surface area contributed by atoms with Gasteiger partial charge < -0.3 is 5.73 Å². The predicted octanol–water partition coefficient (Wildman–Crippen LogP) is 1.48. The molecule has 7 heteroatoms. The van der Waals surface area contributed by atoms with E-state index in [4.69, 9.17) is 5.73 Å². The summed E-state index contributed by atoms with van der Waals surface area (Å²) < 4.78 is 51.8. The lowest BCUT2D eigenvalue weighted by molar-refractivity contribution is 0.536. The number of rotatable bonds is 4. The Hall–Kier alpha value is -1.21. The van der Waals surface area contributed by atoms with Gasteiger partial charge in [-0.3, -0.25) is 0 Å². The molecule has 1 aromatic carbocycles. The van der Waals surface area contributed by atoms with Crippen LogP contribution in [0.25, 0.3) is 0 Å². The van der Waals surface area contributed by atoms with E-state index in [0.717, 1.165) is 6.07 Å². The van der Waals surface area contributed by atoms with Crippen molar-refractivity contribution < 1.29 is 17.2 Å². The van der Waals surface area contributed by atoms with Crippen LogP contribution in [0, 0.1) is 17.6 Å². The van der Waals surface area contributed by atoms with Crippen molar-refractivity contribution in [2.24, 2.45) is 5.92 Å². The van der Waals surface area contributed by atoms with Crippen LogP contribution in [0.1, 0.15) is 13.8 Å². The van der Waals surface area contributed by atoms with E-state index in [9.17, 15) is 17.2 Å². The predicted molar refractivity (Wildman–Crippen MR) is 60.8 cm³/mol. The number of nitrogen functional groups attached to an aromatic ring is 1. The van der Waals surface area contributed by atoms with Crippen molar-refractivity contribution in [1.82, 2.24) is 4.72 Å². The third-order valence-corrected chi connectivity index (χ3v) is 3.46. The zero-order chi connectivity index (χ0) is 13.2. The van der Waals surface area contributed by atoms with Crippen LogP contribution in [0.3, 0.4) is 0 Å². The van der Waals surface area contributed by atoms with Crippen molar-refractivity contribution in [2.45, 2.75) is 18.7 Å². The number of sulfonamides is 1. The molecule has 0 heterocycles. The molecule has 0 radical (unpaired) electrons. The Morgan fingerprint density at radius 1 is 1.29 bits per heavy atom. The Balaban J connectivity index is 3.11. The molecular formula is C10H14F2N2O2S. The highest BCUT2D eigenvalue weighted by atomic mass is 32.2. The second-order valence-corrected chi connectivity index (χ2v) is 5.79. The van der Waals surface area contributed by atoms with Crippen LogP contribution in [-0.4, -0.2) is 15.0 Å². The Kier molecular flexibility index (Phi) is 4.05. The molecule has 0 amide bonds. The highest BCUT2D eigenvalue weighted by Gasteiger charge is 2.21. The van der Waals surface area contributed by atoms with Gasteiger partial charge in [-0.05, 0) is 12.0 Å². The first-order valence-corrected chi connectivity index (χ1v) is 6.46. The first-order chi connectivity index (χ1) is 7.74. The first kappa shape index (κ1) is 13.9. The van der Waals surface area contributed by atoms with E-state index in [2.05, 4.69) is 4.72 Å². The highest BCUT2D eigenvalue weighted by molar-refractivity contribution is 7.89. The van der Waals surface area contributed by atoms with Gasteiger partial charge in [0.1, 0.15) is 16.5 Å². The highest BCUT2D eigenvalue weighted by Crippen LogP contribution is 2.20. The Labute approximate surface area is 98.9 Å². The lowest BCUT2D eigenvalue weighted by atomic mass is 10.2. The molecule has 0 saturated carbocycles. The lowest BCUT2D eigenvalue weighted by Gasteiger charge is -2.10. The van der Waals surface area contributed by atoms with Crippen LogP contribution in [0.2, 0.25) is 0 Å². The van der Waals surface area contributed by atoms with E-state index in [1.54, 1.807) is 13.8 Å². The van der Waals surface area contributed by atoms with E-state index in [1.165, 1.54) is 0 Å². The standard InChI is InChI=1S/C10H14F2N2O2S/c1-6(2)5-14-17(15,16)10-4-9(13)7(11)3-8(10)12/h3-4,6,14H,5,13H2,1-2H3. The van der Waals surface area contributed by atoms with Crippen molar-refractivity contribution >= 4 is 15.7 Å². The summed E-state index contributed by atoms with van der Waals surface area (Å²) in [5, 5.41) is 0. The molecule has 17 heavy (non-hydrogen) atoms. The molecule has 0 spiro atoms. The van der Waals surface area contributed by atoms with Crippen molar-refractivity contribution in [3.63, 3.8) is 0 Å². The second-order valence-electron chi connectivity index (χ2n) is 4.05. The van der Waals surface area contributed by atoms with E-state index in [0.29, 0.717) is 6.07 Å². The smallest absolute Gasteiger partial charge is 0.243 e. The van der Waals surface area contributed by atoms with Gasteiger partial charge in [-0.1, -0.05) is 13.8 Å². The van der Waals surface area contributed by atoms with Crippen LogP contribution >= 0.6 is 0 Å². The molecule has 96 valence electrons. The largest absolute Gasteiger partial charge is 0.396 e. The molecule has 0 bridgehead atoms. The normalized spacial score (nSPS) is 12.1. The average molecular weight is 264 g/mol. The van der Waals surface area contributed by atoms with Gasteiger partial charge in [0.05, 0.1) is 5.69 Å². The third kappa shape index (κ3) is 3.37. The van der Waals surface area contributed by atoms with Gasteiger partial charge in [0, 0.05) is 12.6 Å². The van der Waals surface area contributed by atoms with E-state index in [-0.39, 0.29) is 12.5 Å². The maximum absolute atomic E-state index is 13.3. The first-order valence-electron chi connectivity index (χ1n) is 4.98. The maximum atomic E-state index is 13.3. The molecule has 0 aliphatic carbocycles. The Bertz CT molecular complexity index is 515. The van der Waals surface area contributed by atoms with Crippen LogP contribution in [-0.2, 0) is 10.0 Å². The fourth-order valence-electron chi connectivity index (χ4n) is 1.10. The molecule has 0 aliphatic rings. The molecule has 0 aliphatic heterocycles.